The Labute approximate surface area is 146 Å². The summed E-state index contributed by atoms with van der Waals surface area (Å²) in [5.41, 5.74) is 4.55. The Kier molecular flexibility index (Phi) is 4.06. The molecule has 2 nitrogen and oxygen atoms in total. The van der Waals surface area contributed by atoms with E-state index in [0.29, 0.717) is 0 Å². The molecule has 0 radical (unpaired) electrons. The highest BCUT2D eigenvalue weighted by Crippen LogP contribution is 2.23. The van der Waals surface area contributed by atoms with Crippen LogP contribution in [0.3, 0.4) is 0 Å². The van der Waals surface area contributed by atoms with Gasteiger partial charge in [0.1, 0.15) is 5.82 Å². The van der Waals surface area contributed by atoms with Crippen LogP contribution in [-0.2, 0) is 13.0 Å². The zero-order chi connectivity index (χ0) is 16.4. The number of fused-ring (bicyclic) bond motifs is 1. The summed E-state index contributed by atoms with van der Waals surface area (Å²) in [6.45, 7) is 0.807. The molecule has 3 heteroatoms. The smallest absolute Gasteiger partial charge is 0.114 e. The molecule has 0 aliphatic carbocycles. The first-order chi connectivity index (χ1) is 11.8. The first-order valence-corrected chi connectivity index (χ1v) is 8.40. The van der Waals surface area contributed by atoms with E-state index in [4.69, 9.17) is 16.6 Å². The standard InChI is InChI=1S/C21H17ClN2/c22-18-11-5-4-10-17(18)14-21-23-19-12-6-7-13-20(19)24(21)15-16-8-2-1-3-9-16/h1-13H,14-15H2. The lowest BCUT2D eigenvalue weighted by atomic mass is 10.1. The minimum Gasteiger partial charge on any atom is -0.323 e. The number of para-hydroxylation sites is 2. The maximum atomic E-state index is 6.35. The molecule has 0 bridgehead atoms. The molecule has 0 saturated heterocycles. The molecule has 0 unspecified atom stereocenters. The third-order valence-corrected chi connectivity index (χ3v) is 4.59. The van der Waals surface area contributed by atoms with Gasteiger partial charge in [0.05, 0.1) is 11.0 Å². The summed E-state index contributed by atoms with van der Waals surface area (Å²) in [7, 11) is 0. The number of hydrogen-bond donors (Lipinski definition) is 0. The first kappa shape index (κ1) is 15.0. The lowest BCUT2D eigenvalue weighted by Crippen LogP contribution is -2.06. The molecule has 1 aromatic heterocycles. The van der Waals surface area contributed by atoms with Crippen LogP contribution in [-0.4, -0.2) is 9.55 Å². The summed E-state index contributed by atoms with van der Waals surface area (Å²) in [5.74, 6) is 1.04. The molecule has 0 aliphatic heterocycles. The van der Waals surface area contributed by atoms with Gasteiger partial charge in [-0.1, -0.05) is 72.3 Å². The van der Waals surface area contributed by atoms with E-state index in [9.17, 15) is 0 Å². The van der Waals surface area contributed by atoms with Crippen molar-refractivity contribution in [2.45, 2.75) is 13.0 Å². The van der Waals surface area contributed by atoms with Gasteiger partial charge in [-0.15, -0.1) is 0 Å². The van der Waals surface area contributed by atoms with E-state index in [1.54, 1.807) is 0 Å². The molecule has 0 aliphatic rings. The number of nitrogens with zero attached hydrogens (tertiary/aromatic N) is 2. The minimum absolute atomic E-state index is 0.723. The van der Waals surface area contributed by atoms with Gasteiger partial charge >= 0.3 is 0 Å². The lowest BCUT2D eigenvalue weighted by molar-refractivity contribution is 0.762. The number of hydrogen-bond acceptors (Lipinski definition) is 1. The molecule has 0 atom stereocenters. The van der Waals surface area contributed by atoms with E-state index in [0.717, 1.165) is 40.4 Å². The highest BCUT2D eigenvalue weighted by atomic mass is 35.5. The number of rotatable bonds is 4. The van der Waals surface area contributed by atoms with E-state index in [1.165, 1.54) is 5.56 Å². The third-order valence-electron chi connectivity index (χ3n) is 4.22. The Morgan fingerprint density at radius 3 is 2.33 bits per heavy atom. The molecule has 118 valence electrons. The summed E-state index contributed by atoms with van der Waals surface area (Å²) >= 11 is 6.35. The SMILES string of the molecule is Clc1ccccc1Cc1nc2ccccc2n1Cc1ccccc1. The van der Waals surface area contributed by atoms with Crippen molar-refractivity contribution in [2.75, 3.05) is 0 Å². The Bertz CT molecular complexity index is 973. The van der Waals surface area contributed by atoms with E-state index in [1.807, 2.05) is 30.3 Å². The van der Waals surface area contributed by atoms with Crippen molar-refractivity contribution in [3.63, 3.8) is 0 Å². The van der Waals surface area contributed by atoms with Crippen LogP contribution in [0.15, 0.2) is 78.9 Å². The monoisotopic (exact) mass is 332 g/mol. The van der Waals surface area contributed by atoms with E-state index < -0.39 is 0 Å². The molecule has 0 amide bonds. The average Bonchev–Trinajstić information content (AvgIpc) is 2.95. The van der Waals surface area contributed by atoms with Gasteiger partial charge in [0, 0.05) is 18.0 Å². The molecule has 3 aromatic carbocycles. The van der Waals surface area contributed by atoms with Gasteiger partial charge in [-0.05, 0) is 29.3 Å². The molecule has 0 spiro atoms. The van der Waals surface area contributed by atoms with Gasteiger partial charge in [-0.3, -0.25) is 0 Å². The fourth-order valence-corrected chi connectivity index (χ4v) is 3.22. The van der Waals surface area contributed by atoms with Crippen molar-refractivity contribution < 1.29 is 0 Å². The molecule has 1 heterocycles. The molecule has 0 fully saturated rings. The van der Waals surface area contributed by atoms with E-state index in [-0.39, 0.29) is 0 Å². The van der Waals surface area contributed by atoms with Gasteiger partial charge in [-0.2, -0.15) is 0 Å². The van der Waals surface area contributed by atoms with Crippen LogP contribution in [0, 0.1) is 0 Å². The van der Waals surface area contributed by atoms with Gasteiger partial charge in [-0.25, -0.2) is 4.98 Å². The Hall–Kier alpha value is -2.58. The predicted molar refractivity (Wildman–Crippen MR) is 99.5 cm³/mol. The zero-order valence-electron chi connectivity index (χ0n) is 13.2. The lowest BCUT2D eigenvalue weighted by Gasteiger charge is -2.10. The topological polar surface area (TPSA) is 17.8 Å². The number of halogens is 1. The molecule has 24 heavy (non-hydrogen) atoms. The van der Waals surface area contributed by atoms with E-state index in [2.05, 4.69) is 53.1 Å². The quantitative estimate of drug-likeness (QED) is 0.494. The molecular weight excluding hydrogens is 316 g/mol. The first-order valence-electron chi connectivity index (χ1n) is 8.03. The summed E-state index contributed by atoms with van der Waals surface area (Å²) < 4.78 is 2.29. The summed E-state index contributed by atoms with van der Waals surface area (Å²) in [5, 5.41) is 0.788. The molecular formula is C21H17ClN2. The van der Waals surface area contributed by atoms with Crippen LogP contribution in [0.1, 0.15) is 17.0 Å². The average molecular weight is 333 g/mol. The van der Waals surface area contributed by atoms with Gasteiger partial charge < -0.3 is 4.57 Å². The van der Waals surface area contributed by atoms with Crippen molar-refractivity contribution in [3.8, 4) is 0 Å². The van der Waals surface area contributed by atoms with Crippen LogP contribution < -0.4 is 0 Å². The van der Waals surface area contributed by atoms with Crippen molar-refractivity contribution >= 4 is 22.6 Å². The van der Waals surface area contributed by atoms with E-state index >= 15 is 0 Å². The highest BCUT2D eigenvalue weighted by molar-refractivity contribution is 6.31. The van der Waals surface area contributed by atoms with Gasteiger partial charge in [0.25, 0.3) is 0 Å². The van der Waals surface area contributed by atoms with Crippen LogP contribution in [0.2, 0.25) is 5.02 Å². The maximum Gasteiger partial charge on any atom is 0.114 e. The molecule has 4 aromatic rings. The number of imidazole rings is 1. The largest absolute Gasteiger partial charge is 0.323 e. The van der Waals surface area contributed by atoms with Crippen molar-refractivity contribution in [1.29, 1.82) is 0 Å². The molecule has 0 saturated carbocycles. The normalized spacial score (nSPS) is 11.0. The van der Waals surface area contributed by atoms with Crippen molar-refractivity contribution in [3.05, 3.63) is 101 Å². The van der Waals surface area contributed by atoms with Crippen LogP contribution in [0.5, 0.6) is 0 Å². The highest BCUT2D eigenvalue weighted by Gasteiger charge is 2.12. The summed E-state index contributed by atoms with van der Waals surface area (Å²) in [4.78, 5) is 4.85. The van der Waals surface area contributed by atoms with Crippen molar-refractivity contribution in [2.24, 2.45) is 0 Å². The summed E-state index contributed by atoms with van der Waals surface area (Å²) in [6.07, 6.45) is 0.723. The Balaban J connectivity index is 1.79. The summed E-state index contributed by atoms with van der Waals surface area (Å²) in [6, 6.07) is 26.7. The number of benzene rings is 3. The third kappa shape index (κ3) is 2.93. The second-order valence-electron chi connectivity index (χ2n) is 5.86. The Morgan fingerprint density at radius 2 is 1.50 bits per heavy atom. The van der Waals surface area contributed by atoms with Crippen molar-refractivity contribution in [1.82, 2.24) is 9.55 Å². The van der Waals surface area contributed by atoms with Gasteiger partial charge in [0.2, 0.25) is 0 Å². The van der Waals surface area contributed by atoms with Crippen LogP contribution in [0.25, 0.3) is 11.0 Å². The molecule has 4 rings (SSSR count). The van der Waals surface area contributed by atoms with Gasteiger partial charge in [0.15, 0.2) is 0 Å². The second-order valence-corrected chi connectivity index (χ2v) is 6.26. The maximum absolute atomic E-state index is 6.35. The molecule has 0 N–H and O–H groups in total. The predicted octanol–water partition coefficient (Wildman–Crippen LogP) is 5.33. The fourth-order valence-electron chi connectivity index (χ4n) is 3.01. The Morgan fingerprint density at radius 1 is 0.792 bits per heavy atom. The number of aromatic nitrogens is 2. The zero-order valence-corrected chi connectivity index (χ0v) is 13.9. The van der Waals surface area contributed by atoms with Crippen LogP contribution >= 0.6 is 11.6 Å². The fraction of sp³-hybridized carbons (Fsp3) is 0.0952. The van der Waals surface area contributed by atoms with Crippen LogP contribution in [0.4, 0.5) is 0 Å². The minimum atomic E-state index is 0.723. The second kappa shape index (κ2) is 6.50.